The molecular formula is C28H30N8O. The van der Waals surface area contributed by atoms with Crippen LogP contribution >= 0.6 is 0 Å². The van der Waals surface area contributed by atoms with Crippen LogP contribution in [0.5, 0.6) is 0 Å². The fraction of sp³-hybridized carbons (Fsp3) is 0.393. The first kappa shape index (κ1) is 23.2. The van der Waals surface area contributed by atoms with Crippen LogP contribution in [0.4, 0.5) is 5.82 Å². The van der Waals surface area contributed by atoms with Gasteiger partial charge in [0.15, 0.2) is 0 Å². The summed E-state index contributed by atoms with van der Waals surface area (Å²) in [5.41, 5.74) is 4.74. The van der Waals surface area contributed by atoms with Crippen molar-refractivity contribution in [3.8, 4) is 28.3 Å². The summed E-state index contributed by atoms with van der Waals surface area (Å²) >= 11 is 0. The van der Waals surface area contributed by atoms with Gasteiger partial charge in [0.25, 0.3) is 0 Å². The van der Waals surface area contributed by atoms with Crippen LogP contribution in [0.1, 0.15) is 26.3 Å². The Bertz CT molecular complexity index is 1520. The first-order valence-electron chi connectivity index (χ1n) is 12.6. The van der Waals surface area contributed by atoms with Gasteiger partial charge in [-0.25, -0.2) is 9.50 Å². The molecule has 4 aromatic rings. The average Bonchev–Trinajstić information content (AvgIpc) is 3.32. The number of hydrogen-bond acceptors (Lipinski definition) is 6. The maximum absolute atomic E-state index is 12.2. The molecule has 2 fully saturated rings. The van der Waals surface area contributed by atoms with Gasteiger partial charge in [-0.1, -0.05) is 20.8 Å². The lowest BCUT2D eigenvalue weighted by atomic mass is 9.95. The Morgan fingerprint density at radius 2 is 1.86 bits per heavy atom. The van der Waals surface area contributed by atoms with Gasteiger partial charge in [-0.2, -0.15) is 15.5 Å². The van der Waals surface area contributed by atoms with E-state index in [4.69, 9.17) is 4.98 Å². The normalized spacial score (nSPS) is 20.6. The Morgan fingerprint density at radius 3 is 2.49 bits per heavy atom. The fourth-order valence-electron chi connectivity index (χ4n) is 5.50. The molecule has 0 aromatic carbocycles. The molecule has 2 unspecified atom stereocenters. The topological polar surface area (TPSA) is 104 Å². The quantitative estimate of drug-likeness (QED) is 0.455. The minimum Gasteiger partial charge on any atom is -0.356 e. The molecule has 0 bridgehead atoms. The van der Waals surface area contributed by atoms with Crippen LogP contribution in [0.2, 0.25) is 0 Å². The number of anilines is 1. The number of pyridine rings is 2. The highest BCUT2D eigenvalue weighted by molar-refractivity contribution is 5.87. The van der Waals surface area contributed by atoms with Crippen molar-refractivity contribution in [2.75, 3.05) is 24.5 Å². The number of aryl methyl sites for hydroxylation is 1. The van der Waals surface area contributed by atoms with Crippen molar-refractivity contribution >= 4 is 17.2 Å². The second-order valence-electron chi connectivity index (χ2n) is 11.3. The van der Waals surface area contributed by atoms with E-state index in [1.807, 2.05) is 52.6 Å². The highest BCUT2D eigenvalue weighted by atomic mass is 16.2. The lowest BCUT2D eigenvalue weighted by Gasteiger charge is -2.22. The van der Waals surface area contributed by atoms with Gasteiger partial charge in [-0.15, -0.1) is 0 Å². The van der Waals surface area contributed by atoms with E-state index in [1.54, 1.807) is 15.4 Å². The van der Waals surface area contributed by atoms with Gasteiger partial charge in [0, 0.05) is 72.9 Å². The monoisotopic (exact) mass is 494 g/mol. The second-order valence-corrected chi connectivity index (χ2v) is 11.3. The molecule has 0 spiro atoms. The molecule has 1 amide bonds. The van der Waals surface area contributed by atoms with Crippen molar-refractivity contribution in [3.63, 3.8) is 0 Å². The Morgan fingerprint density at radius 1 is 1.08 bits per heavy atom. The lowest BCUT2D eigenvalue weighted by Crippen LogP contribution is -2.37. The van der Waals surface area contributed by atoms with Gasteiger partial charge in [-0.3, -0.25) is 9.48 Å². The summed E-state index contributed by atoms with van der Waals surface area (Å²) in [6, 6.07) is 8.48. The third-order valence-corrected chi connectivity index (χ3v) is 7.70. The van der Waals surface area contributed by atoms with Crippen molar-refractivity contribution in [1.82, 2.24) is 29.7 Å². The van der Waals surface area contributed by atoms with Crippen LogP contribution in [-0.2, 0) is 11.8 Å². The zero-order valence-electron chi connectivity index (χ0n) is 21.5. The van der Waals surface area contributed by atoms with E-state index in [-0.39, 0.29) is 11.3 Å². The van der Waals surface area contributed by atoms with Crippen LogP contribution in [0.25, 0.3) is 27.8 Å². The van der Waals surface area contributed by atoms with Crippen LogP contribution in [0.3, 0.4) is 0 Å². The minimum absolute atomic E-state index is 0.117. The standard InChI is InChI=1S/C28H30N8O/c1-28(2,3)27(37)31-12-22-23-15-35(16-24(22)23)25-6-5-17(9-30-25)21-7-18(20-11-32-34(4)13-20)14-36-26(21)19(8-29)10-33-36/h5-7,9-11,13-14,22-24H,12,15-16H2,1-4H3,(H,31,37). The third kappa shape index (κ3) is 4.12. The van der Waals surface area contributed by atoms with E-state index in [2.05, 4.69) is 44.7 Å². The molecule has 2 atom stereocenters. The lowest BCUT2D eigenvalue weighted by molar-refractivity contribution is -0.128. The number of fused-ring (bicyclic) bond motifs is 2. The van der Waals surface area contributed by atoms with E-state index in [0.29, 0.717) is 23.3 Å². The molecule has 1 saturated heterocycles. The van der Waals surface area contributed by atoms with Crippen molar-refractivity contribution in [2.24, 2.45) is 30.2 Å². The summed E-state index contributed by atoms with van der Waals surface area (Å²) < 4.78 is 3.53. The number of aromatic nitrogens is 5. The summed E-state index contributed by atoms with van der Waals surface area (Å²) in [5, 5.41) is 21.5. The van der Waals surface area contributed by atoms with Gasteiger partial charge in [0.05, 0.1) is 23.5 Å². The van der Waals surface area contributed by atoms with Crippen LogP contribution < -0.4 is 10.2 Å². The molecule has 9 nitrogen and oxygen atoms in total. The SMILES string of the molecule is Cn1cc(-c2cc(-c3ccc(N4CC5C(CNC(=O)C(C)(C)C)C5C4)nc3)c3c(C#N)cnn3c2)cn1. The zero-order valence-corrected chi connectivity index (χ0v) is 21.5. The molecule has 37 heavy (non-hydrogen) atoms. The van der Waals surface area contributed by atoms with Gasteiger partial charge in [0.2, 0.25) is 5.91 Å². The summed E-state index contributed by atoms with van der Waals surface area (Å²) in [4.78, 5) is 19.3. The molecule has 1 aliphatic carbocycles. The van der Waals surface area contributed by atoms with Gasteiger partial charge < -0.3 is 10.2 Å². The molecule has 1 aliphatic heterocycles. The first-order chi connectivity index (χ1) is 17.7. The molecule has 9 heteroatoms. The number of hydrogen-bond donors (Lipinski definition) is 1. The predicted octanol–water partition coefficient (Wildman–Crippen LogP) is 3.51. The Balaban J connectivity index is 1.21. The maximum Gasteiger partial charge on any atom is 0.225 e. The third-order valence-electron chi connectivity index (χ3n) is 7.70. The number of nitriles is 1. The second kappa shape index (κ2) is 8.44. The van der Waals surface area contributed by atoms with Crippen molar-refractivity contribution in [1.29, 1.82) is 5.26 Å². The fourth-order valence-corrected chi connectivity index (χ4v) is 5.50. The molecule has 1 saturated carbocycles. The zero-order chi connectivity index (χ0) is 25.9. The Labute approximate surface area is 215 Å². The van der Waals surface area contributed by atoms with Crippen molar-refractivity contribution in [2.45, 2.75) is 20.8 Å². The van der Waals surface area contributed by atoms with Crippen molar-refractivity contribution < 1.29 is 4.79 Å². The number of nitrogens with one attached hydrogen (secondary N) is 1. The number of piperidine rings is 1. The predicted molar refractivity (Wildman–Crippen MR) is 140 cm³/mol. The molecule has 2 aliphatic rings. The molecule has 0 radical (unpaired) electrons. The first-order valence-corrected chi connectivity index (χ1v) is 12.6. The molecule has 1 N–H and O–H groups in total. The van der Waals surface area contributed by atoms with Crippen molar-refractivity contribution in [3.05, 3.63) is 54.7 Å². The van der Waals surface area contributed by atoms with E-state index < -0.39 is 0 Å². The minimum atomic E-state index is -0.351. The number of carbonyl (C=O) groups is 1. The summed E-state index contributed by atoms with van der Waals surface area (Å²) in [7, 11) is 1.89. The highest BCUT2D eigenvalue weighted by Crippen LogP contribution is 2.52. The van der Waals surface area contributed by atoms with E-state index >= 15 is 0 Å². The highest BCUT2D eigenvalue weighted by Gasteiger charge is 2.55. The van der Waals surface area contributed by atoms with E-state index in [0.717, 1.165) is 53.2 Å². The molecule has 4 aromatic heterocycles. The molecular weight excluding hydrogens is 464 g/mol. The Kier molecular flexibility index (Phi) is 5.30. The van der Waals surface area contributed by atoms with Gasteiger partial charge >= 0.3 is 0 Å². The average molecular weight is 495 g/mol. The van der Waals surface area contributed by atoms with E-state index in [1.165, 1.54) is 0 Å². The number of nitrogens with zero attached hydrogens (tertiary/aromatic N) is 7. The number of rotatable bonds is 5. The van der Waals surface area contributed by atoms with Gasteiger partial charge in [-0.05, 0) is 36.0 Å². The summed E-state index contributed by atoms with van der Waals surface area (Å²) in [6.45, 7) is 8.54. The maximum atomic E-state index is 12.2. The van der Waals surface area contributed by atoms with Crippen LogP contribution in [0, 0.1) is 34.5 Å². The molecule has 188 valence electrons. The van der Waals surface area contributed by atoms with Crippen LogP contribution in [-0.4, -0.2) is 49.9 Å². The molecule has 5 heterocycles. The Hall–Kier alpha value is -4.19. The largest absolute Gasteiger partial charge is 0.356 e. The molecule has 6 rings (SSSR count). The summed E-state index contributed by atoms with van der Waals surface area (Å²) in [6.07, 6.45) is 9.19. The number of carbonyl (C=O) groups excluding carboxylic acids is 1. The van der Waals surface area contributed by atoms with Gasteiger partial charge in [0.1, 0.15) is 11.9 Å². The van der Waals surface area contributed by atoms with E-state index in [9.17, 15) is 10.1 Å². The number of amides is 1. The van der Waals surface area contributed by atoms with Crippen LogP contribution in [0.15, 0.2) is 49.2 Å². The smallest absolute Gasteiger partial charge is 0.225 e. The summed E-state index contributed by atoms with van der Waals surface area (Å²) in [5.74, 6) is 2.87.